The number of likely N-dealkylation sites (tertiary alicyclic amines) is 1. The summed E-state index contributed by atoms with van der Waals surface area (Å²) in [5, 5.41) is 2.93. The zero-order valence-electron chi connectivity index (χ0n) is 15.6. The maximum Gasteiger partial charge on any atom is 0.225 e. The molecule has 0 aromatic heterocycles. The molecule has 1 saturated carbocycles. The van der Waals surface area contributed by atoms with Crippen molar-refractivity contribution < 1.29 is 14.0 Å². The molecule has 1 heterocycles. The molecule has 26 heavy (non-hydrogen) atoms. The minimum Gasteiger partial charge on any atom is -0.352 e. The van der Waals surface area contributed by atoms with Gasteiger partial charge in [-0.3, -0.25) is 9.59 Å². The van der Waals surface area contributed by atoms with Gasteiger partial charge in [-0.1, -0.05) is 25.3 Å². The van der Waals surface area contributed by atoms with E-state index in [4.69, 9.17) is 0 Å². The van der Waals surface area contributed by atoms with Gasteiger partial charge in [-0.05, 0) is 55.4 Å². The van der Waals surface area contributed by atoms with Crippen LogP contribution in [0.1, 0.15) is 56.1 Å². The Morgan fingerprint density at radius 3 is 2.77 bits per heavy atom. The summed E-state index contributed by atoms with van der Waals surface area (Å²) in [6.45, 7) is 3.55. The number of aryl methyl sites for hydroxylation is 1. The molecule has 1 aliphatic carbocycles. The Morgan fingerprint density at radius 2 is 2.00 bits per heavy atom. The number of benzene rings is 1. The molecule has 4 nitrogen and oxygen atoms in total. The number of hydrogen-bond donors (Lipinski definition) is 1. The molecule has 1 atom stereocenters. The van der Waals surface area contributed by atoms with Crippen molar-refractivity contribution in [2.24, 2.45) is 11.8 Å². The Balaban J connectivity index is 1.53. The zero-order valence-corrected chi connectivity index (χ0v) is 15.6. The molecule has 0 unspecified atom stereocenters. The largest absolute Gasteiger partial charge is 0.352 e. The van der Waals surface area contributed by atoms with Crippen molar-refractivity contribution in [1.29, 1.82) is 0 Å². The molecule has 1 saturated heterocycles. The third kappa shape index (κ3) is 4.83. The van der Waals surface area contributed by atoms with Gasteiger partial charge < -0.3 is 10.2 Å². The van der Waals surface area contributed by atoms with Gasteiger partial charge >= 0.3 is 0 Å². The Bertz CT molecular complexity index is 655. The summed E-state index contributed by atoms with van der Waals surface area (Å²) in [7, 11) is 0. The maximum atomic E-state index is 13.4. The summed E-state index contributed by atoms with van der Waals surface area (Å²) in [4.78, 5) is 26.7. The van der Waals surface area contributed by atoms with E-state index in [9.17, 15) is 14.0 Å². The van der Waals surface area contributed by atoms with Crippen LogP contribution in [-0.4, -0.2) is 29.8 Å². The van der Waals surface area contributed by atoms with Crippen LogP contribution in [0.2, 0.25) is 0 Å². The molecule has 3 rings (SSSR count). The Hall–Kier alpha value is -1.91. The molecule has 1 aromatic carbocycles. The number of nitrogens with zero attached hydrogens (tertiary/aromatic N) is 1. The fourth-order valence-corrected chi connectivity index (χ4v) is 4.14. The van der Waals surface area contributed by atoms with Crippen LogP contribution < -0.4 is 5.32 Å². The molecule has 1 aliphatic heterocycles. The zero-order chi connectivity index (χ0) is 18.5. The lowest BCUT2D eigenvalue weighted by atomic mass is 9.87. The SMILES string of the molecule is Cc1ccc(F)cc1CNC(=O)[C@H]1CCC(=O)N(CC2CCCCC2)C1. The summed E-state index contributed by atoms with van der Waals surface area (Å²) < 4.78 is 13.4. The van der Waals surface area contributed by atoms with Crippen molar-refractivity contribution in [3.05, 3.63) is 35.1 Å². The van der Waals surface area contributed by atoms with Crippen LogP contribution in [-0.2, 0) is 16.1 Å². The van der Waals surface area contributed by atoms with Gasteiger partial charge in [0.25, 0.3) is 0 Å². The lowest BCUT2D eigenvalue weighted by Gasteiger charge is -2.35. The Labute approximate surface area is 155 Å². The van der Waals surface area contributed by atoms with Crippen molar-refractivity contribution in [3.63, 3.8) is 0 Å². The van der Waals surface area contributed by atoms with Crippen molar-refractivity contribution in [1.82, 2.24) is 10.2 Å². The number of carbonyl (C=O) groups excluding carboxylic acids is 2. The number of halogens is 1. The van der Waals surface area contributed by atoms with E-state index in [1.54, 1.807) is 6.07 Å². The lowest BCUT2D eigenvalue weighted by molar-refractivity contribution is -0.139. The van der Waals surface area contributed by atoms with Gasteiger partial charge in [-0.2, -0.15) is 0 Å². The van der Waals surface area contributed by atoms with Crippen molar-refractivity contribution in [3.8, 4) is 0 Å². The van der Waals surface area contributed by atoms with Crippen LogP contribution in [0.5, 0.6) is 0 Å². The van der Waals surface area contributed by atoms with Crippen molar-refractivity contribution >= 4 is 11.8 Å². The lowest BCUT2D eigenvalue weighted by Crippen LogP contribution is -2.47. The highest BCUT2D eigenvalue weighted by molar-refractivity contribution is 5.83. The van der Waals surface area contributed by atoms with Crippen molar-refractivity contribution in [2.45, 2.75) is 58.4 Å². The summed E-state index contributed by atoms with van der Waals surface area (Å²) in [5.74, 6) is 0.284. The predicted molar refractivity (Wildman–Crippen MR) is 98.9 cm³/mol. The number of piperidine rings is 1. The van der Waals surface area contributed by atoms with Crippen LogP contribution in [0.3, 0.4) is 0 Å². The highest BCUT2D eigenvalue weighted by Gasteiger charge is 2.31. The average molecular weight is 360 g/mol. The van der Waals surface area contributed by atoms with E-state index in [2.05, 4.69) is 5.32 Å². The first-order valence-electron chi connectivity index (χ1n) is 9.83. The molecule has 5 heteroatoms. The molecule has 142 valence electrons. The molecule has 2 amide bonds. The first kappa shape index (κ1) is 18.9. The Morgan fingerprint density at radius 1 is 1.23 bits per heavy atom. The highest BCUT2D eigenvalue weighted by atomic mass is 19.1. The van der Waals surface area contributed by atoms with Crippen LogP contribution in [0.25, 0.3) is 0 Å². The summed E-state index contributed by atoms with van der Waals surface area (Å²) >= 11 is 0. The smallest absolute Gasteiger partial charge is 0.225 e. The molecular weight excluding hydrogens is 331 g/mol. The second-order valence-corrected chi connectivity index (χ2v) is 7.83. The van der Waals surface area contributed by atoms with Gasteiger partial charge in [0.1, 0.15) is 5.82 Å². The predicted octanol–water partition coefficient (Wildman–Crippen LogP) is 3.57. The third-order valence-electron chi connectivity index (χ3n) is 5.84. The fraction of sp³-hybridized carbons (Fsp3) is 0.619. The van der Waals surface area contributed by atoms with Crippen LogP contribution in [0, 0.1) is 24.6 Å². The third-order valence-corrected chi connectivity index (χ3v) is 5.84. The number of hydrogen-bond acceptors (Lipinski definition) is 2. The first-order chi connectivity index (χ1) is 12.5. The van der Waals surface area contributed by atoms with Crippen LogP contribution >= 0.6 is 0 Å². The molecule has 0 spiro atoms. The monoisotopic (exact) mass is 360 g/mol. The van der Waals surface area contributed by atoms with E-state index in [-0.39, 0.29) is 23.5 Å². The molecule has 1 aromatic rings. The van der Waals surface area contributed by atoms with E-state index in [0.29, 0.717) is 31.8 Å². The summed E-state index contributed by atoms with van der Waals surface area (Å²) in [5.41, 5.74) is 1.76. The number of carbonyl (C=O) groups is 2. The van der Waals surface area contributed by atoms with E-state index in [1.807, 2.05) is 11.8 Å². The molecule has 2 aliphatic rings. The quantitative estimate of drug-likeness (QED) is 0.873. The number of nitrogens with one attached hydrogen (secondary N) is 1. The van der Waals surface area contributed by atoms with Gasteiger partial charge in [0.2, 0.25) is 11.8 Å². The summed E-state index contributed by atoms with van der Waals surface area (Å²) in [6, 6.07) is 4.62. The second kappa shape index (κ2) is 8.65. The van der Waals surface area contributed by atoms with Gasteiger partial charge in [0, 0.05) is 26.1 Å². The van der Waals surface area contributed by atoms with Gasteiger partial charge in [0.15, 0.2) is 0 Å². The van der Waals surface area contributed by atoms with Crippen molar-refractivity contribution in [2.75, 3.05) is 13.1 Å². The standard InChI is InChI=1S/C21H29FN2O2/c1-15-7-9-19(22)11-18(15)12-23-21(26)17-8-10-20(25)24(14-17)13-16-5-3-2-4-6-16/h7,9,11,16-17H,2-6,8,10,12-14H2,1H3,(H,23,26)/t17-/m0/s1. The Kier molecular flexibility index (Phi) is 6.28. The fourth-order valence-electron chi connectivity index (χ4n) is 4.14. The van der Waals surface area contributed by atoms with Gasteiger partial charge in [-0.25, -0.2) is 4.39 Å². The van der Waals surface area contributed by atoms with E-state index < -0.39 is 0 Å². The van der Waals surface area contributed by atoms with E-state index >= 15 is 0 Å². The van der Waals surface area contributed by atoms with E-state index in [0.717, 1.165) is 17.7 Å². The van der Waals surface area contributed by atoms with Crippen LogP contribution in [0.4, 0.5) is 4.39 Å². The summed E-state index contributed by atoms with van der Waals surface area (Å²) in [6.07, 6.45) is 7.25. The molecule has 2 fully saturated rings. The first-order valence-corrected chi connectivity index (χ1v) is 9.83. The normalized spacial score (nSPS) is 21.7. The average Bonchev–Trinajstić information content (AvgIpc) is 2.65. The number of amides is 2. The van der Waals surface area contributed by atoms with E-state index in [1.165, 1.54) is 44.2 Å². The highest BCUT2D eigenvalue weighted by Crippen LogP contribution is 2.27. The second-order valence-electron chi connectivity index (χ2n) is 7.83. The molecule has 0 bridgehead atoms. The minimum atomic E-state index is -0.290. The number of rotatable bonds is 5. The van der Waals surface area contributed by atoms with Gasteiger partial charge in [0.05, 0.1) is 5.92 Å². The van der Waals surface area contributed by atoms with Crippen LogP contribution in [0.15, 0.2) is 18.2 Å². The molecule has 0 radical (unpaired) electrons. The molecular formula is C21H29FN2O2. The minimum absolute atomic E-state index is 0.0326. The topological polar surface area (TPSA) is 49.4 Å². The van der Waals surface area contributed by atoms with Gasteiger partial charge in [-0.15, -0.1) is 0 Å². The molecule has 1 N–H and O–H groups in total. The maximum absolute atomic E-state index is 13.4.